The van der Waals surface area contributed by atoms with Crippen LogP contribution in [0.4, 0.5) is 0 Å². The number of ether oxygens (including phenoxy) is 4. The molecule has 0 radical (unpaired) electrons. The van der Waals surface area contributed by atoms with Gasteiger partial charge in [-0.1, -0.05) is 52.3 Å². The molecule has 3 aromatic carbocycles. The monoisotopic (exact) mass is 482 g/mol. The molecule has 31 heavy (non-hydrogen) atoms. The van der Waals surface area contributed by atoms with Crippen molar-refractivity contribution in [2.45, 2.75) is 6.61 Å². The summed E-state index contributed by atoms with van der Waals surface area (Å²) in [6.45, 7) is 0.408. The summed E-state index contributed by atoms with van der Waals surface area (Å²) in [5.41, 5.74) is 3.02. The SMILES string of the molecule is COc1ccc(/C=C(/C=O)c2cc(OC)c(OCc3ccccc3)cc2Br)cc1OC. The van der Waals surface area contributed by atoms with Gasteiger partial charge in [-0.15, -0.1) is 0 Å². The summed E-state index contributed by atoms with van der Waals surface area (Å²) in [5.74, 6) is 2.32. The molecule has 0 aliphatic rings. The van der Waals surface area contributed by atoms with Gasteiger partial charge in [-0.3, -0.25) is 4.79 Å². The van der Waals surface area contributed by atoms with Crippen LogP contribution in [0.1, 0.15) is 16.7 Å². The average Bonchev–Trinajstić information content (AvgIpc) is 2.82. The fourth-order valence-corrected chi connectivity index (χ4v) is 3.61. The number of benzene rings is 3. The van der Waals surface area contributed by atoms with Crippen molar-refractivity contribution in [1.29, 1.82) is 0 Å². The molecule has 0 N–H and O–H groups in total. The Labute approximate surface area is 190 Å². The molecule has 160 valence electrons. The second-order valence-corrected chi connectivity index (χ2v) is 7.44. The zero-order valence-electron chi connectivity index (χ0n) is 17.6. The molecule has 0 amide bonds. The summed E-state index contributed by atoms with van der Waals surface area (Å²) in [5, 5.41) is 0. The van der Waals surface area contributed by atoms with Crippen LogP contribution in [0.5, 0.6) is 23.0 Å². The first-order chi connectivity index (χ1) is 15.1. The predicted octanol–water partition coefficient (Wildman–Crippen LogP) is 5.79. The van der Waals surface area contributed by atoms with Crippen molar-refractivity contribution < 1.29 is 23.7 Å². The van der Waals surface area contributed by atoms with Crippen molar-refractivity contribution in [3.8, 4) is 23.0 Å². The molecule has 0 saturated carbocycles. The fraction of sp³-hybridized carbons (Fsp3) is 0.160. The quantitative estimate of drug-likeness (QED) is 0.219. The van der Waals surface area contributed by atoms with E-state index in [9.17, 15) is 4.79 Å². The molecule has 0 saturated heterocycles. The zero-order chi connectivity index (χ0) is 22.2. The maximum atomic E-state index is 11.9. The van der Waals surface area contributed by atoms with Gasteiger partial charge in [-0.2, -0.15) is 0 Å². The van der Waals surface area contributed by atoms with Gasteiger partial charge in [-0.25, -0.2) is 0 Å². The van der Waals surface area contributed by atoms with Gasteiger partial charge in [-0.05, 0) is 41.5 Å². The Kier molecular flexibility index (Phi) is 7.73. The average molecular weight is 483 g/mol. The van der Waals surface area contributed by atoms with Crippen LogP contribution >= 0.6 is 15.9 Å². The van der Waals surface area contributed by atoms with Gasteiger partial charge in [0.2, 0.25) is 0 Å². The number of rotatable bonds is 9. The van der Waals surface area contributed by atoms with Crippen molar-refractivity contribution in [1.82, 2.24) is 0 Å². The molecule has 0 heterocycles. The Morgan fingerprint density at radius 1 is 0.839 bits per heavy atom. The second kappa shape index (κ2) is 10.7. The van der Waals surface area contributed by atoms with Crippen LogP contribution in [0, 0.1) is 0 Å². The third-order valence-electron chi connectivity index (χ3n) is 4.66. The van der Waals surface area contributed by atoms with Crippen LogP contribution in [0.2, 0.25) is 0 Å². The number of methoxy groups -OCH3 is 3. The molecule has 0 spiro atoms. The topological polar surface area (TPSA) is 54.0 Å². The Bertz CT molecular complexity index is 1080. The summed E-state index contributed by atoms with van der Waals surface area (Å²) in [7, 11) is 4.72. The highest BCUT2D eigenvalue weighted by Gasteiger charge is 2.14. The summed E-state index contributed by atoms with van der Waals surface area (Å²) in [6.07, 6.45) is 2.58. The van der Waals surface area contributed by atoms with Gasteiger partial charge in [0.1, 0.15) is 6.61 Å². The highest BCUT2D eigenvalue weighted by atomic mass is 79.9. The fourth-order valence-electron chi connectivity index (χ4n) is 3.06. The second-order valence-electron chi connectivity index (χ2n) is 6.59. The van der Waals surface area contributed by atoms with Crippen molar-refractivity contribution in [3.63, 3.8) is 0 Å². The van der Waals surface area contributed by atoms with Gasteiger partial charge < -0.3 is 18.9 Å². The molecule has 0 atom stereocenters. The number of carbonyl (C=O) groups is 1. The summed E-state index contributed by atoms with van der Waals surface area (Å²) in [6, 6.07) is 18.9. The lowest BCUT2D eigenvalue weighted by molar-refractivity contribution is -0.103. The molecule has 0 bridgehead atoms. The minimum absolute atomic E-state index is 0.408. The van der Waals surface area contributed by atoms with Crippen molar-refractivity contribution >= 4 is 33.9 Å². The van der Waals surface area contributed by atoms with Crippen molar-refractivity contribution in [3.05, 3.63) is 81.8 Å². The lowest BCUT2D eigenvalue weighted by atomic mass is 10.0. The number of hydrogen-bond acceptors (Lipinski definition) is 5. The molecule has 3 aromatic rings. The van der Waals surface area contributed by atoms with E-state index in [-0.39, 0.29) is 0 Å². The molecule has 0 unspecified atom stereocenters. The van der Waals surface area contributed by atoms with E-state index < -0.39 is 0 Å². The van der Waals surface area contributed by atoms with E-state index >= 15 is 0 Å². The van der Waals surface area contributed by atoms with E-state index in [0.29, 0.717) is 40.7 Å². The number of aldehydes is 1. The maximum absolute atomic E-state index is 11.9. The van der Waals surface area contributed by atoms with E-state index in [1.165, 1.54) is 0 Å². The third-order valence-corrected chi connectivity index (χ3v) is 5.31. The minimum atomic E-state index is 0.408. The number of carbonyl (C=O) groups excluding carboxylic acids is 1. The maximum Gasteiger partial charge on any atom is 0.162 e. The first-order valence-electron chi connectivity index (χ1n) is 9.53. The Hall–Kier alpha value is -3.25. The zero-order valence-corrected chi connectivity index (χ0v) is 19.1. The van der Waals surface area contributed by atoms with E-state index in [4.69, 9.17) is 18.9 Å². The Balaban J connectivity index is 1.93. The molecule has 5 nitrogen and oxygen atoms in total. The van der Waals surface area contributed by atoms with E-state index in [0.717, 1.165) is 21.9 Å². The largest absolute Gasteiger partial charge is 0.493 e. The smallest absolute Gasteiger partial charge is 0.162 e. The van der Waals surface area contributed by atoms with Crippen LogP contribution in [-0.2, 0) is 11.4 Å². The molecule has 0 aliphatic heterocycles. The summed E-state index contributed by atoms with van der Waals surface area (Å²) >= 11 is 3.56. The number of halogens is 1. The normalized spacial score (nSPS) is 11.0. The highest BCUT2D eigenvalue weighted by molar-refractivity contribution is 9.10. The van der Waals surface area contributed by atoms with Crippen LogP contribution in [0.25, 0.3) is 11.6 Å². The van der Waals surface area contributed by atoms with Crippen LogP contribution in [0.3, 0.4) is 0 Å². The van der Waals surface area contributed by atoms with Gasteiger partial charge >= 0.3 is 0 Å². The lowest BCUT2D eigenvalue weighted by Gasteiger charge is -2.14. The predicted molar refractivity (Wildman–Crippen MR) is 125 cm³/mol. The molecule has 0 aromatic heterocycles. The number of hydrogen-bond donors (Lipinski definition) is 0. The molecule has 0 aliphatic carbocycles. The van der Waals surface area contributed by atoms with Crippen molar-refractivity contribution in [2.24, 2.45) is 0 Å². The van der Waals surface area contributed by atoms with E-state index in [2.05, 4.69) is 15.9 Å². The van der Waals surface area contributed by atoms with Crippen LogP contribution in [-0.4, -0.2) is 27.6 Å². The van der Waals surface area contributed by atoms with Crippen LogP contribution < -0.4 is 18.9 Å². The molecular formula is C25H23BrO5. The van der Waals surface area contributed by atoms with Gasteiger partial charge in [0.15, 0.2) is 29.3 Å². The first kappa shape index (κ1) is 22.4. The molecule has 6 heteroatoms. The van der Waals surface area contributed by atoms with Crippen molar-refractivity contribution in [2.75, 3.05) is 21.3 Å². The Morgan fingerprint density at radius 2 is 1.52 bits per heavy atom. The van der Waals surface area contributed by atoms with Gasteiger partial charge in [0.25, 0.3) is 0 Å². The summed E-state index contributed by atoms with van der Waals surface area (Å²) < 4.78 is 22.8. The van der Waals surface area contributed by atoms with E-state index in [1.54, 1.807) is 39.5 Å². The van der Waals surface area contributed by atoms with Crippen LogP contribution in [0.15, 0.2) is 65.1 Å². The highest BCUT2D eigenvalue weighted by Crippen LogP contribution is 2.37. The minimum Gasteiger partial charge on any atom is -0.493 e. The van der Waals surface area contributed by atoms with E-state index in [1.807, 2.05) is 48.5 Å². The molecular weight excluding hydrogens is 460 g/mol. The summed E-state index contributed by atoms with van der Waals surface area (Å²) in [4.78, 5) is 11.9. The third kappa shape index (κ3) is 5.47. The lowest BCUT2D eigenvalue weighted by Crippen LogP contribution is -1.99. The molecule has 0 fully saturated rings. The first-order valence-corrected chi connectivity index (χ1v) is 10.3. The Morgan fingerprint density at radius 3 is 2.16 bits per heavy atom. The van der Waals surface area contributed by atoms with Gasteiger partial charge in [0.05, 0.1) is 21.3 Å². The molecule has 3 rings (SSSR count). The number of allylic oxidation sites excluding steroid dienone is 1. The standard InChI is InChI=1S/C25H23BrO5/c1-28-22-10-9-18(12-23(22)29-2)11-19(15-27)20-13-24(30-3)25(14-21(20)26)31-16-17-7-5-4-6-8-17/h4-15H,16H2,1-3H3/b19-11-. The van der Waals surface area contributed by atoms with Gasteiger partial charge in [0, 0.05) is 15.6 Å².